The molecule has 0 bridgehead atoms. The second-order valence-corrected chi connectivity index (χ2v) is 6.99. The average Bonchev–Trinajstić information content (AvgIpc) is 2.79. The van der Waals surface area contributed by atoms with Gasteiger partial charge in [-0.15, -0.1) is 0 Å². The maximum absolute atomic E-state index is 13.8. The molecular weight excluding hydrogens is 311 g/mol. The molecule has 3 unspecified atom stereocenters. The molecule has 2 fully saturated rings. The van der Waals surface area contributed by atoms with E-state index in [9.17, 15) is 19.1 Å². The lowest BCUT2D eigenvalue weighted by Crippen LogP contribution is -2.58. The predicted octanol–water partition coefficient (Wildman–Crippen LogP) is 2.61. The molecule has 1 spiro atoms. The number of β-amino-alcohol motifs (C(OH)–C–C–N with tert-alkyl or cyclic N) is 1. The third kappa shape index (κ3) is 2.49. The number of hydrogen-bond donors (Lipinski definition) is 2. The van der Waals surface area contributed by atoms with E-state index in [1.807, 2.05) is 13.8 Å². The molecule has 1 aliphatic carbocycles. The molecule has 6 heteroatoms. The van der Waals surface area contributed by atoms with Crippen LogP contribution in [0.4, 0.5) is 9.18 Å². The Balaban J connectivity index is 1.84. The van der Waals surface area contributed by atoms with Crippen LogP contribution < -0.4 is 5.32 Å². The molecule has 0 aromatic heterocycles. The average molecular weight is 334 g/mol. The lowest BCUT2D eigenvalue weighted by atomic mass is 9.67. The van der Waals surface area contributed by atoms with Crippen molar-refractivity contribution in [2.24, 2.45) is 11.8 Å². The van der Waals surface area contributed by atoms with Crippen LogP contribution in [0.1, 0.15) is 44.8 Å². The minimum Gasteiger partial charge on any atom is -0.386 e. The van der Waals surface area contributed by atoms with Crippen LogP contribution in [-0.2, 0) is 4.79 Å². The highest BCUT2D eigenvalue weighted by molar-refractivity contribution is 6.07. The van der Waals surface area contributed by atoms with Gasteiger partial charge in [0.05, 0.1) is 12.6 Å². The Bertz CT molecular complexity index is 653. The maximum atomic E-state index is 13.8. The van der Waals surface area contributed by atoms with Gasteiger partial charge < -0.3 is 10.4 Å². The lowest BCUT2D eigenvalue weighted by molar-refractivity contribution is -0.137. The number of halogens is 1. The maximum Gasteiger partial charge on any atom is 0.325 e. The third-order valence-electron chi connectivity index (χ3n) is 5.61. The summed E-state index contributed by atoms with van der Waals surface area (Å²) in [5, 5.41) is 13.2. The monoisotopic (exact) mass is 334 g/mol. The van der Waals surface area contributed by atoms with Crippen molar-refractivity contribution in [2.45, 2.75) is 44.8 Å². The van der Waals surface area contributed by atoms with Gasteiger partial charge >= 0.3 is 6.03 Å². The second-order valence-electron chi connectivity index (χ2n) is 6.99. The van der Waals surface area contributed by atoms with Gasteiger partial charge in [-0.25, -0.2) is 9.18 Å². The van der Waals surface area contributed by atoms with E-state index in [0.29, 0.717) is 0 Å². The molecule has 1 aromatic carbocycles. The van der Waals surface area contributed by atoms with Gasteiger partial charge in [-0.1, -0.05) is 38.5 Å². The summed E-state index contributed by atoms with van der Waals surface area (Å²) < 4.78 is 13.8. The van der Waals surface area contributed by atoms with Gasteiger partial charge in [0.25, 0.3) is 5.91 Å². The molecule has 0 radical (unpaired) electrons. The molecule has 1 saturated carbocycles. The predicted molar refractivity (Wildman–Crippen MR) is 86.5 cm³/mol. The van der Waals surface area contributed by atoms with Crippen LogP contribution in [0.3, 0.4) is 0 Å². The summed E-state index contributed by atoms with van der Waals surface area (Å²) in [6, 6.07) is 5.34. The standard InChI is InChI=1S/C18H23FN2O3/c1-11-6-5-7-12(2)18(11)16(23)21(17(24)20-18)10-15(22)13-8-3-4-9-14(13)19/h3-4,8-9,11-12,15,22H,5-7,10H2,1-2H3,(H,20,24). The number of amides is 3. The van der Waals surface area contributed by atoms with Crippen molar-refractivity contribution < 1.29 is 19.1 Å². The van der Waals surface area contributed by atoms with Crippen LogP contribution in [0.2, 0.25) is 0 Å². The number of nitrogens with one attached hydrogen (secondary N) is 1. The first-order valence-corrected chi connectivity index (χ1v) is 8.44. The van der Waals surface area contributed by atoms with E-state index in [1.54, 1.807) is 6.07 Å². The Hall–Kier alpha value is -1.95. The molecule has 1 aromatic rings. The highest BCUT2D eigenvalue weighted by Crippen LogP contribution is 2.42. The van der Waals surface area contributed by atoms with Crippen molar-refractivity contribution in [3.8, 4) is 0 Å². The van der Waals surface area contributed by atoms with Crippen molar-refractivity contribution in [1.29, 1.82) is 0 Å². The number of aliphatic hydroxyl groups excluding tert-OH is 1. The molecule has 3 amide bonds. The van der Waals surface area contributed by atoms with E-state index < -0.39 is 23.5 Å². The minimum atomic E-state index is -1.25. The van der Waals surface area contributed by atoms with Crippen LogP contribution in [0.5, 0.6) is 0 Å². The molecule has 1 aliphatic heterocycles. The fraction of sp³-hybridized carbons (Fsp3) is 0.556. The Morgan fingerprint density at radius 3 is 2.54 bits per heavy atom. The normalized spacial score (nSPS) is 31.4. The molecule has 5 nitrogen and oxygen atoms in total. The minimum absolute atomic E-state index is 0.0355. The first-order valence-electron chi connectivity index (χ1n) is 8.44. The van der Waals surface area contributed by atoms with E-state index in [2.05, 4.69) is 5.32 Å². The zero-order valence-electron chi connectivity index (χ0n) is 14.0. The largest absolute Gasteiger partial charge is 0.386 e. The summed E-state index contributed by atoms with van der Waals surface area (Å²) in [5.74, 6) is -0.782. The van der Waals surface area contributed by atoms with Crippen molar-refractivity contribution >= 4 is 11.9 Å². The summed E-state index contributed by atoms with van der Waals surface area (Å²) in [6.45, 7) is 3.71. The molecule has 2 N–H and O–H groups in total. The molecule has 130 valence electrons. The van der Waals surface area contributed by atoms with E-state index in [1.165, 1.54) is 18.2 Å². The number of hydrogen-bond acceptors (Lipinski definition) is 3. The van der Waals surface area contributed by atoms with E-state index in [-0.39, 0.29) is 29.9 Å². The second kappa shape index (κ2) is 6.16. The number of imide groups is 1. The van der Waals surface area contributed by atoms with Crippen LogP contribution in [0.15, 0.2) is 24.3 Å². The van der Waals surface area contributed by atoms with E-state index >= 15 is 0 Å². The van der Waals surface area contributed by atoms with Gasteiger partial charge in [-0.2, -0.15) is 0 Å². The Morgan fingerprint density at radius 2 is 1.92 bits per heavy atom. The van der Waals surface area contributed by atoms with Gasteiger partial charge in [-0.05, 0) is 30.7 Å². The summed E-state index contributed by atoms with van der Waals surface area (Å²) >= 11 is 0. The van der Waals surface area contributed by atoms with Crippen LogP contribution >= 0.6 is 0 Å². The fourth-order valence-corrected chi connectivity index (χ4v) is 4.14. The lowest BCUT2D eigenvalue weighted by Gasteiger charge is -2.42. The number of aliphatic hydroxyl groups is 1. The van der Waals surface area contributed by atoms with Gasteiger partial charge in [0.15, 0.2) is 0 Å². The van der Waals surface area contributed by atoms with Gasteiger partial charge in [0.1, 0.15) is 11.4 Å². The van der Waals surface area contributed by atoms with Crippen molar-refractivity contribution in [3.05, 3.63) is 35.6 Å². The molecule has 3 rings (SSSR count). The Kier molecular flexibility index (Phi) is 4.34. The summed E-state index contributed by atoms with van der Waals surface area (Å²) in [7, 11) is 0. The zero-order valence-corrected chi connectivity index (χ0v) is 14.0. The Labute approximate surface area is 140 Å². The molecule has 1 saturated heterocycles. The summed E-state index contributed by atoms with van der Waals surface area (Å²) in [6.07, 6.45) is 1.54. The topological polar surface area (TPSA) is 69.6 Å². The first kappa shape index (κ1) is 16.9. The smallest absolute Gasteiger partial charge is 0.325 e. The molecule has 3 atom stereocenters. The van der Waals surface area contributed by atoms with E-state index in [4.69, 9.17) is 0 Å². The van der Waals surface area contributed by atoms with Crippen LogP contribution in [-0.4, -0.2) is 34.0 Å². The Morgan fingerprint density at radius 1 is 1.29 bits per heavy atom. The summed E-state index contributed by atoms with van der Waals surface area (Å²) in [4.78, 5) is 26.4. The molecular formula is C18H23FN2O3. The molecule has 24 heavy (non-hydrogen) atoms. The quantitative estimate of drug-likeness (QED) is 0.835. The van der Waals surface area contributed by atoms with Crippen molar-refractivity contribution in [2.75, 3.05) is 6.54 Å². The summed E-state index contributed by atoms with van der Waals surface area (Å²) in [5.41, 5.74) is -0.812. The number of urea groups is 1. The first-order chi connectivity index (χ1) is 11.4. The fourth-order valence-electron chi connectivity index (χ4n) is 4.14. The highest BCUT2D eigenvalue weighted by Gasteiger charge is 2.58. The van der Waals surface area contributed by atoms with Gasteiger partial charge in [0.2, 0.25) is 0 Å². The third-order valence-corrected chi connectivity index (χ3v) is 5.61. The van der Waals surface area contributed by atoms with E-state index in [0.717, 1.165) is 24.2 Å². The number of carbonyl (C=O) groups is 2. The van der Waals surface area contributed by atoms with Gasteiger partial charge in [0, 0.05) is 5.56 Å². The SMILES string of the molecule is CC1CCCC(C)C12NC(=O)N(CC(O)c1ccccc1F)C2=O. The van der Waals surface area contributed by atoms with Crippen molar-refractivity contribution in [1.82, 2.24) is 10.2 Å². The van der Waals surface area contributed by atoms with Gasteiger partial charge in [-0.3, -0.25) is 9.69 Å². The van der Waals surface area contributed by atoms with Crippen molar-refractivity contribution in [3.63, 3.8) is 0 Å². The molecule has 1 heterocycles. The number of nitrogens with zero attached hydrogens (tertiary/aromatic N) is 1. The van der Waals surface area contributed by atoms with Crippen LogP contribution in [0, 0.1) is 17.7 Å². The highest BCUT2D eigenvalue weighted by atomic mass is 19.1. The zero-order chi connectivity index (χ0) is 17.5. The number of rotatable bonds is 3. The van der Waals surface area contributed by atoms with Crippen LogP contribution in [0.25, 0.3) is 0 Å². The number of carbonyl (C=O) groups excluding carboxylic acids is 2. The molecule has 2 aliphatic rings. The number of benzene rings is 1.